The predicted molar refractivity (Wildman–Crippen MR) is 94.8 cm³/mol. The number of hydrogen-bond donors (Lipinski definition) is 0. The molecule has 0 aliphatic rings. The van der Waals surface area contributed by atoms with Gasteiger partial charge in [-0.1, -0.05) is 41.6 Å². The summed E-state index contributed by atoms with van der Waals surface area (Å²) in [6.45, 7) is 2.10. The van der Waals surface area contributed by atoms with Crippen molar-refractivity contribution in [2.24, 2.45) is 0 Å². The van der Waals surface area contributed by atoms with E-state index in [1.807, 2.05) is 36.4 Å². The first-order valence-corrected chi connectivity index (χ1v) is 8.39. The second-order valence-electron chi connectivity index (χ2n) is 5.26. The molecule has 1 aromatic heterocycles. The first kappa shape index (κ1) is 15.6. The van der Waals surface area contributed by atoms with Gasteiger partial charge in [-0.25, -0.2) is 0 Å². The fourth-order valence-corrected chi connectivity index (χ4v) is 2.92. The predicted octanol–water partition coefficient (Wildman–Crippen LogP) is 4.75. The van der Waals surface area contributed by atoms with E-state index in [9.17, 15) is 0 Å². The van der Waals surface area contributed by atoms with Crippen LogP contribution < -0.4 is 4.74 Å². The van der Waals surface area contributed by atoms with Crippen molar-refractivity contribution >= 4 is 11.8 Å². The lowest BCUT2D eigenvalue weighted by Gasteiger charge is -2.04. The maximum absolute atomic E-state index is 5.17. The summed E-state index contributed by atoms with van der Waals surface area (Å²) in [4.78, 5) is 0. The zero-order valence-electron chi connectivity index (χ0n) is 13.2. The molecule has 116 valence electrons. The lowest BCUT2D eigenvalue weighted by Crippen LogP contribution is -1.90. The number of methoxy groups -OCH3 is 1. The molecule has 2 aromatic carbocycles. The van der Waals surface area contributed by atoms with E-state index in [4.69, 9.17) is 4.74 Å². The largest absolute Gasteiger partial charge is 0.497 e. The second kappa shape index (κ2) is 7.29. The van der Waals surface area contributed by atoms with Gasteiger partial charge in [0.15, 0.2) is 0 Å². The van der Waals surface area contributed by atoms with Gasteiger partial charge in [0.25, 0.3) is 0 Å². The van der Waals surface area contributed by atoms with Crippen LogP contribution in [0.4, 0.5) is 0 Å². The minimum Gasteiger partial charge on any atom is -0.497 e. The van der Waals surface area contributed by atoms with Crippen molar-refractivity contribution in [3.8, 4) is 17.0 Å². The van der Waals surface area contributed by atoms with Gasteiger partial charge in [0.2, 0.25) is 0 Å². The van der Waals surface area contributed by atoms with Crippen LogP contribution in [0.5, 0.6) is 5.75 Å². The van der Waals surface area contributed by atoms with Gasteiger partial charge in [0, 0.05) is 11.3 Å². The van der Waals surface area contributed by atoms with Crippen LogP contribution in [0.25, 0.3) is 11.3 Å². The molecular weight excluding hydrogens is 304 g/mol. The quantitative estimate of drug-likeness (QED) is 0.635. The van der Waals surface area contributed by atoms with Gasteiger partial charge in [-0.15, -0.1) is 10.2 Å². The van der Waals surface area contributed by atoms with Crippen molar-refractivity contribution in [2.75, 3.05) is 7.11 Å². The number of thioether (sulfide) groups is 1. The molecule has 3 rings (SSSR count). The summed E-state index contributed by atoms with van der Waals surface area (Å²) in [5.74, 6) is 1.74. The lowest BCUT2D eigenvalue weighted by atomic mass is 10.1. The van der Waals surface area contributed by atoms with Crippen LogP contribution in [0.2, 0.25) is 0 Å². The zero-order chi connectivity index (χ0) is 16.1. The van der Waals surface area contributed by atoms with E-state index >= 15 is 0 Å². The molecular formula is C19H18N2OS. The summed E-state index contributed by atoms with van der Waals surface area (Å²) in [7, 11) is 1.66. The smallest absolute Gasteiger partial charge is 0.119 e. The molecule has 0 unspecified atom stereocenters. The van der Waals surface area contributed by atoms with Gasteiger partial charge in [-0.3, -0.25) is 0 Å². The third kappa shape index (κ3) is 4.11. The molecule has 0 fully saturated rings. The first-order valence-electron chi connectivity index (χ1n) is 7.41. The average molecular weight is 322 g/mol. The number of aryl methyl sites for hydroxylation is 1. The highest BCUT2D eigenvalue weighted by atomic mass is 32.2. The van der Waals surface area contributed by atoms with Crippen LogP contribution in [-0.2, 0) is 5.75 Å². The van der Waals surface area contributed by atoms with Crippen molar-refractivity contribution in [3.63, 3.8) is 0 Å². The maximum Gasteiger partial charge on any atom is 0.119 e. The number of aromatic nitrogens is 2. The Hall–Kier alpha value is -2.33. The Bertz CT molecular complexity index is 753. The van der Waals surface area contributed by atoms with Crippen molar-refractivity contribution < 1.29 is 4.74 Å². The van der Waals surface area contributed by atoms with E-state index in [-0.39, 0.29) is 0 Å². The Morgan fingerprint density at radius 1 is 0.870 bits per heavy atom. The minimum atomic E-state index is 0.840. The SMILES string of the molecule is COc1ccc(-c2ccc(SCc3ccc(C)cc3)nn2)cc1. The Balaban J connectivity index is 1.65. The summed E-state index contributed by atoms with van der Waals surface area (Å²) in [6, 6.07) is 20.4. The van der Waals surface area contributed by atoms with Crippen LogP contribution >= 0.6 is 11.8 Å². The zero-order valence-corrected chi connectivity index (χ0v) is 14.0. The molecule has 0 atom stereocenters. The van der Waals surface area contributed by atoms with Crippen LogP contribution in [0.15, 0.2) is 65.7 Å². The highest BCUT2D eigenvalue weighted by Crippen LogP contribution is 2.24. The number of nitrogens with zero attached hydrogens (tertiary/aromatic N) is 2. The Labute approximate surface area is 140 Å². The monoisotopic (exact) mass is 322 g/mol. The molecule has 3 aromatic rings. The highest BCUT2D eigenvalue weighted by molar-refractivity contribution is 7.98. The number of rotatable bonds is 5. The fourth-order valence-electron chi connectivity index (χ4n) is 2.15. The summed E-state index contributed by atoms with van der Waals surface area (Å²) >= 11 is 1.70. The molecule has 0 bridgehead atoms. The van der Waals surface area contributed by atoms with Crippen molar-refractivity contribution in [3.05, 3.63) is 71.8 Å². The Kier molecular flexibility index (Phi) is 4.93. The first-order chi connectivity index (χ1) is 11.2. The van der Waals surface area contributed by atoms with Crippen LogP contribution in [0.3, 0.4) is 0 Å². The van der Waals surface area contributed by atoms with E-state index in [1.165, 1.54) is 11.1 Å². The highest BCUT2D eigenvalue weighted by Gasteiger charge is 2.03. The summed E-state index contributed by atoms with van der Waals surface area (Å²) in [6.07, 6.45) is 0. The van der Waals surface area contributed by atoms with Crippen molar-refractivity contribution in [1.29, 1.82) is 0 Å². The Morgan fingerprint density at radius 3 is 2.22 bits per heavy atom. The third-order valence-corrected chi connectivity index (χ3v) is 4.52. The van der Waals surface area contributed by atoms with E-state index in [0.29, 0.717) is 0 Å². The molecule has 0 aliphatic carbocycles. The Morgan fingerprint density at radius 2 is 1.61 bits per heavy atom. The molecule has 4 heteroatoms. The van der Waals surface area contributed by atoms with Crippen molar-refractivity contribution in [1.82, 2.24) is 10.2 Å². The van der Waals surface area contributed by atoms with Gasteiger partial charge in [0.05, 0.1) is 12.8 Å². The number of hydrogen-bond acceptors (Lipinski definition) is 4. The van der Waals surface area contributed by atoms with Gasteiger partial charge in [-0.05, 0) is 48.9 Å². The number of benzene rings is 2. The average Bonchev–Trinajstić information content (AvgIpc) is 2.62. The molecule has 0 N–H and O–H groups in total. The molecule has 0 saturated heterocycles. The number of ether oxygens (including phenoxy) is 1. The van der Waals surface area contributed by atoms with Crippen molar-refractivity contribution in [2.45, 2.75) is 17.7 Å². The second-order valence-corrected chi connectivity index (χ2v) is 6.26. The summed E-state index contributed by atoms with van der Waals surface area (Å²) in [5, 5.41) is 9.56. The topological polar surface area (TPSA) is 35.0 Å². The third-order valence-electron chi connectivity index (χ3n) is 3.53. The summed E-state index contributed by atoms with van der Waals surface area (Å²) in [5.41, 5.74) is 4.48. The molecule has 0 radical (unpaired) electrons. The molecule has 0 saturated carbocycles. The van der Waals surface area contributed by atoms with E-state index in [1.54, 1.807) is 18.9 Å². The standard InChI is InChI=1S/C19H18N2OS/c1-14-3-5-15(6-4-14)13-23-19-12-11-18(20-21-19)16-7-9-17(22-2)10-8-16/h3-12H,13H2,1-2H3. The van der Waals surface area contributed by atoms with Gasteiger partial charge < -0.3 is 4.74 Å². The van der Waals surface area contributed by atoms with Gasteiger partial charge in [0.1, 0.15) is 10.8 Å². The lowest BCUT2D eigenvalue weighted by molar-refractivity contribution is 0.415. The van der Waals surface area contributed by atoms with Gasteiger partial charge in [-0.2, -0.15) is 0 Å². The molecule has 0 amide bonds. The molecule has 23 heavy (non-hydrogen) atoms. The maximum atomic E-state index is 5.17. The van der Waals surface area contributed by atoms with Crippen LogP contribution in [0.1, 0.15) is 11.1 Å². The minimum absolute atomic E-state index is 0.840. The molecule has 3 nitrogen and oxygen atoms in total. The van der Waals surface area contributed by atoms with Crippen LogP contribution in [0, 0.1) is 6.92 Å². The molecule has 1 heterocycles. The van der Waals surface area contributed by atoms with E-state index in [2.05, 4.69) is 41.4 Å². The molecule has 0 aliphatic heterocycles. The molecule has 0 spiro atoms. The normalized spacial score (nSPS) is 10.5. The fraction of sp³-hybridized carbons (Fsp3) is 0.158. The summed E-state index contributed by atoms with van der Waals surface area (Å²) < 4.78 is 5.17. The van der Waals surface area contributed by atoms with Gasteiger partial charge >= 0.3 is 0 Å². The van der Waals surface area contributed by atoms with E-state index < -0.39 is 0 Å². The van der Waals surface area contributed by atoms with Crippen LogP contribution in [-0.4, -0.2) is 17.3 Å². The van der Waals surface area contributed by atoms with E-state index in [0.717, 1.165) is 27.8 Å².